The lowest BCUT2D eigenvalue weighted by molar-refractivity contribution is -0.111. The number of methoxy groups -OCH3 is 1. The largest absolute Gasteiger partial charge is 0.494 e. The first-order chi connectivity index (χ1) is 16.4. The lowest BCUT2D eigenvalue weighted by Crippen LogP contribution is -2.07. The van der Waals surface area contributed by atoms with E-state index in [1.54, 1.807) is 54.5 Å². The molecular formula is C24H21FN6O3. The van der Waals surface area contributed by atoms with Crippen molar-refractivity contribution in [3.8, 4) is 28.5 Å². The van der Waals surface area contributed by atoms with Crippen LogP contribution >= 0.6 is 0 Å². The molecule has 2 N–H and O–H groups in total. The molecule has 4 aromatic rings. The Labute approximate surface area is 194 Å². The monoisotopic (exact) mass is 460 g/mol. The summed E-state index contributed by atoms with van der Waals surface area (Å²) in [6.45, 7) is 3.44. The molecule has 2 aromatic carbocycles. The van der Waals surface area contributed by atoms with Crippen LogP contribution in [0, 0.1) is 5.82 Å². The summed E-state index contributed by atoms with van der Waals surface area (Å²) in [7, 11) is 3.19. The summed E-state index contributed by atoms with van der Waals surface area (Å²) < 4.78 is 27.1. The molecule has 2 aromatic heterocycles. The molecule has 0 saturated heterocycles. The number of aryl methyl sites for hydroxylation is 1. The maximum atomic E-state index is 14.4. The smallest absolute Gasteiger partial charge is 0.247 e. The van der Waals surface area contributed by atoms with E-state index < -0.39 is 5.82 Å². The van der Waals surface area contributed by atoms with Crippen molar-refractivity contribution in [2.24, 2.45) is 7.05 Å². The molecule has 10 heteroatoms. The third-order valence-electron chi connectivity index (χ3n) is 4.68. The average molecular weight is 460 g/mol. The predicted molar refractivity (Wildman–Crippen MR) is 126 cm³/mol. The molecule has 0 aliphatic heterocycles. The van der Waals surface area contributed by atoms with Crippen molar-refractivity contribution >= 4 is 23.2 Å². The van der Waals surface area contributed by atoms with Gasteiger partial charge in [-0.2, -0.15) is 10.1 Å². The number of rotatable bonds is 8. The summed E-state index contributed by atoms with van der Waals surface area (Å²) in [6, 6.07) is 11.3. The fraction of sp³-hybridized carbons (Fsp3) is 0.0833. The Morgan fingerprint density at radius 3 is 2.74 bits per heavy atom. The van der Waals surface area contributed by atoms with Gasteiger partial charge in [0.2, 0.25) is 17.7 Å². The molecule has 34 heavy (non-hydrogen) atoms. The van der Waals surface area contributed by atoms with Crippen LogP contribution in [0.1, 0.15) is 0 Å². The molecule has 0 spiro atoms. The molecule has 4 rings (SSSR count). The third kappa shape index (κ3) is 5.18. The molecule has 0 aliphatic carbocycles. The van der Waals surface area contributed by atoms with Crippen molar-refractivity contribution in [2.75, 3.05) is 17.7 Å². The third-order valence-corrected chi connectivity index (χ3v) is 4.68. The number of ether oxygens (including phenoxy) is 2. The van der Waals surface area contributed by atoms with Gasteiger partial charge in [0, 0.05) is 31.2 Å². The summed E-state index contributed by atoms with van der Waals surface area (Å²) in [5, 5.41) is 9.84. The fourth-order valence-electron chi connectivity index (χ4n) is 3.09. The van der Waals surface area contributed by atoms with Gasteiger partial charge < -0.3 is 20.1 Å². The second-order valence-corrected chi connectivity index (χ2v) is 7.11. The van der Waals surface area contributed by atoms with Gasteiger partial charge in [0.1, 0.15) is 5.75 Å². The highest BCUT2D eigenvalue weighted by Crippen LogP contribution is 2.35. The van der Waals surface area contributed by atoms with E-state index in [1.165, 1.54) is 31.5 Å². The quantitative estimate of drug-likeness (QED) is 0.368. The highest BCUT2D eigenvalue weighted by atomic mass is 19.1. The lowest BCUT2D eigenvalue weighted by atomic mass is 10.1. The number of nitrogens with zero attached hydrogens (tertiary/aromatic N) is 4. The lowest BCUT2D eigenvalue weighted by Gasteiger charge is -2.13. The maximum Gasteiger partial charge on any atom is 0.247 e. The zero-order valence-electron chi connectivity index (χ0n) is 18.4. The van der Waals surface area contributed by atoms with E-state index in [0.717, 1.165) is 0 Å². The number of carbonyl (C=O) groups excluding carboxylic acids is 1. The fourth-order valence-corrected chi connectivity index (χ4v) is 3.09. The van der Waals surface area contributed by atoms with Crippen LogP contribution in [0.4, 0.5) is 21.7 Å². The Kier molecular flexibility index (Phi) is 6.49. The van der Waals surface area contributed by atoms with Gasteiger partial charge in [-0.05, 0) is 35.9 Å². The molecule has 0 aliphatic rings. The van der Waals surface area contributed by atoms with Gasteiger partial charge >= 0.3 is 0 Å². The first-order valence-electron chi connectivity index (χ1n) is 10.1. The minimum absolute atomic E-state index is 0.118. The number of amides is 1. The van der Waals surface area contributed by atoms with Crippen LogP contribution in [-0.2, 0) is 11.8 Å². The molecule has 0 bridgehead atoms. The molecule has 0 atom stereocenters. The van der Waals surface area contributed by atoms with Gasteiger partial charge in [0.25, 0.3) is 0 Å². The first-order valence-corrected chi connectivity index (χ1v) is 10.1. The summed E-state index contributed by atoms with van der Waals surface area (Å²) >= 11 is 0. The molecule has 0 unspecified atom stereocenters. The van der Waals surface area contributed by atoms with Crippen LogP contribution in [0.3, 0.4) is 0 Å². The molecule has 1 amide bonds. The number of hydrogen-bond acceptors (Lipinski definition) is 7. The molecule has 0 radical (unpaired) electrons. The van der Waals surface area contributed by atoms with Crippen molar-refractivity contribution in [3.05, 3.63) is 79.5 Å². The molecule has 0 saturated carbocycles. The van der Waals surface area contributed by atoms with E-state index in [-0.39, 0.29) is 23.5 Å². The van der Waals surface area contributed by atoms with Gasteiger partial charge in [-0.25, -0.2) is 9.37 Å². The highest BCUT2D eigenvalue weighted by Gasteiger charge is 2.15. The SMILES string of the molecule is C=CC(=O)Nc1cccc(Oc2nc(Nc3cnn(C)c3)ncc2-c2ccc(OC)c(F)c2)c1. The number of anilines is 3. The highest BCUT2D eigenvalue weighted by molar-refractivity contribution is 5.98. The predicted octanol–water partition coefficient (Wildman–Crippen LogP) is 4.69. The van der Waals surface area contributed by atoms with Crippen LogP contribution < -0.4 is 20.1 Å². The van der Waals surface area contributed by atoms with E-state index in [9.17, 15) is 9.18 Å². The van der Waals surface area contributed by atoms with Crippen molar-refractivity contribution in [2.45, 2.75) is 0 Å². The normalized spacial score (nSPS) is 10.4. The second kappa shape index (κ2) is 9.82. The van der Waals surface area contributed by atoms with Gasteiger partial charge in [0.05, 0.1) is 24.6 Å². The van der Waals surface area contributed by atoms with E-state index in [2.05, 4.69) is 32.3 Å². The zero-order chi connectivity index (χ0) is 24.1. The Morgan fingerprint density at radius 1 is 1.18 bits per heavy atom. The van der Waals surface area contributed by atoms with E-state index >= 15 is 0 Å². The second-order valence-electron chi connectivity index (χ2n) is 7.11. The minimum Gasteiger partial charge on any atom is -0.494 e. The van der Waals surface area contributed by atoms with Crippen molar-refractivity contribution in [3.63, 3.8) is 0 Å². The number of carbonyl (C=O) groups is 1. The van der Waals surface area contributed by atoms with Crippen molar-refractivity contribution < 1.29 is 18.7 Å². The van der Waals surface area contributed by atoms with Gasteiger partial charge in [-0.15, -0.1) is 0 Å². The van der Waals surface area contributed by atoms with Crippen LogP contribution in [0.5, 0.6) is 17.4 Å². The minimum atomic E-state index is -0.530. The zero-order valence-corrected chi connectivity index (χ0v) is 18.4. The van der Waals surface area contributed by atoms with Gasteiger partial charge in [0.15, 0.2) is 11.6 Å². The van der Waals surface area contributed by atoms with Crippen LogP contribution in [0.15, 0.2) is 73.7 Å². The van der Waals surface area contributed by atoms with Crippen LogP contribution in [0.2, 0.25) is 0 Å². The van der Waals surface area contributed by atoms with Crippen LogP contribution in [0.25, 0.3) is 11.1 Å². The summed E-state index contributed by atoms with van der Waals surface area (Å²) in [5.74, 6) is 0.0833. The average Bonchev–Trinajstić information content (AvgIpc) is 3.23. The number of halogens is 1. The topological polar surface area (TPSA) is 103 Å². The molecule has 2 heterocycles. The molecule has 9 nitrogen and oxygen atoms in total. The summed E-state index contributed by atoms with van der Waals surface area (Å²) in [4.78, 5) is 20.5. The molecule has 172 valence electrons. The number of hydrogen-bond donors (Lipinski definition) is 2. The van der Waals surface area contributed by atoms with Gasteiger partial charge in [-0.1, -0.05) is 18.7 Å². The number of benzene rings is 2. The van der Waals surface area contributed by atoms with E-state index in [1.807, 2.05) is 0 Å². The van der Waals surface area contributed by atoms with Crippen LogP contribution in [-0.4, -0.2) is 32.8 Å². The van der Waals surface area contributed by atoms with Crippen molar-refractivity contribution in [1.82, 2.24) is 19.7 Å². The van der Waals surface area contributed by atoms with Crippen molar-refractivity contribution in [1.29, 1.82) is 0 Å². The molecule has 0 fully saturated rings. The Morgan fingerprint density at radius 2 is 2.03 bits per heavy atom. The first kappa shape index (κ1) is 22.5. The van der Waals surface area contributed by atoms with Gasteiger partial charge in [-0.3, -0.25) is 9.48 Å². The Balaban J connectivity index is 1.72. The van der Waals surface area contributed by atoms with E-state index in [0.29, 0.717) is 28.3 Å². The van der Waals surface area contributed by atoms with E-state index in [4.69, 9.17) is 9.47 Å². The number of aromatic nitrogens is 4. The summed E-state index contributed by atoms with van der Waals surface area (Å²) in [5.41, 5.74) is 2.16. The summed E-state index contributed by atoms with van der Waals surface area (Å²) in [6.07, 6.45) is 6.10. The standard InChI is InChI=1S/C24H21FN6O3/c1-4-22(32)28-16-6-5-7-18(11-16)34-23-19(15-8-9-21(33-3)20(25)10-15)13-26-24(30-23)29-17-12-27-31(2)14-17/h4-14H,1H2,2-3H3,(H,28,32)(H,26,29,30). The Hall–Kier alpha value is -4.73. The Bertz CT molecular complexity index is 1350. The maximum absolute atomic E-state index is 14.4. The number of nitrogens with one attached hydrogen (secondary N) is 2. The molecular weight excluding hydrogens is 439 g/mol.